The van der Waals surface area contributed by atoms with Gasteiger partial charge in [-0.25, -0.2) is 0 Å². The molecule has 0 saturated carbocycles. The van der Waals surface area contributed by atoms with Gasteiger partial charge in [0.25, 0.3) is 0 Å². The van der Waals surface area contributed by atoms with Gasteiger partial charge < -0.3 is 5.32 Å². The third-order valence-corrected chi connectivity index (χ3v) is 5.16. The number of allylic oxidation sites excluding steroid dienone is 3. The van der Waals surface area contributed by atoms with E-state index in [1.165, 1.54) is 0 Å². The number of nitriles is 1. The van der Waals surface area contributed by atoms with Crippen molar-refractivity contribution in [2.45, 2.75) is 33.1 Å². The van der Waals surface area contributed by atoms with Crippen LogP contribution in [-0.4, -0.2) is 11.5 Å². The topological polar surface area (TPSA) is 52.9 Å². The number of hydrogen-bond donors (Lipinski definition) is 1. The molecule has 23 heavy (non-hydrogen) atoms. The quantitative estimate of drug-likeness (QED) is 0.834. The molecule has 3 nitrogen and oxygen atoms in total. The van der Waals surface area contributed by atoms with Gasteiger partial charge in [-0.3, -0.25) is 4.79 Å². The van der Waals surface area contributed by atoms with Crippen LogP contribution < -0.4 is 5.32 Å². The van der Waals surface area contributed by atoms with Gasteiger partial charge in [0.1, 0.15) is 0 Å². The number of thioether (sulfide) groups is 1. The summed E-state index contributed by atoms with van der Waals surface area (Å²) in [7, 11) is 0. The highest BCUT2D eigenvalue weighted by molar-refractivity contribution is 8.03. The Labute approximate surface area is 146 Å². The number of benzene rings is 1. The zero-order valence-corrected chi connectivity index (χ0v) is 15.0. The summed E-state index contributed by atoms with van der Waals surface area (Å²) < 4.78 is 0. The third-order valence-electron chi connectivity index (χ3n) is 3.68. The molecule has 1 aromatic rings. The van der Waals surface area contributed by atoms with E-state index < -0.39 is 0 Å². The van der Waals surface area contributed by atoms with Crippen LogP contribution in [0.2, 0.25) is 5.02 Å². The lowest BCUT2D eigenvalue weighted by molar-refractivity contribution is -0.113. The molecule has 5 heteroatoms. The molecule has 2 rings (SSSR count). The molecule has 0 aliphatic carbocycles. The molecule has 120 valence electrons. The van der Waals surface area contributed by atoms with E-state index in [-0.39, 0.29) is 11.7 Å². The molecular formula is C18H19ClN2OS. The fraction of sp³-hybridized carbons (Fsp3) is 0.333. The standard InChI is InChI=1S/C18H19ClN2OS/c1-4-9-23-18-15(10-20)17(13-5-7-14(19)8-6-13)16(12(3)22)11(2)21-18/h5-8,17,21H,4,9H2,1-3H3/t17-/m1/s1. The Bertz CT molecular complexity index is 714. The van der Waals surface area contributed by atoms with E-state index >= 15 is 0 Å². The molecule has 0 bridgehead atoms. The zero-order valence-electron chi connectivity index (χ0n) is 13.4. The van der Waals surface area contributed by atoms with Crippen LogP contribution in [0.1, 0.15) is 38.7 Å². The van der Waals surface area contributed by atoms with Crippen molar-refractivity contribution in [2.24, 2.45) is 0 Å². The van der Waals surface area contributed by atoms with Gasteiger partial charge in [-0.05, 0) is 43.7 Å². The average Bonchev–Trinajstić information content (AvgIpc) is 2.52. The monoisotopic (exact) mass is 346 g/mol. The van der Waals surface area contributed by atoms with Crippen LogP contribution in [0, 0.1) is 11.3 Å². The second-order valence-electron chi connectivity index (χ2n) is 5.41. The maximum Gasteiger partial charge on any atom is 0.158 e. The Morgan fingerprint density at radius 1 is 1.39 bits per heavy atom. The van der Waals surface area contributed by atoms with Gasteiger partial charge in [-0.1, -0.05) is 30.7 Å². The number of hydrogen-bond acceptors (Lipinski definition) is 4. The summed E-state index contributed by atoms with van der Waals surface area (Å²) in [4.78, 5) is 12.2. The Morgan fingerprint density at radius 2 is 2.04 bits per heavy atom. The predicted molar refractivity (Wildman–Crippen MR) is 96.1 cm³/mol. The maximum absolute atomic E-state index is 12.2. The van der Waals surface area contributed by atoms with E-state index in [1.54, 1.807) is 30.8 Å². The van der Waals surface area contributed by atoms with Gasteiger partial charge in [-0.2, -0.15) is 5.26 Å². The van der Waals surface area contributed by atoms with E-state index in [9.17, 15) is 10.1 Å². The smallest absolute Gasteiger partial charge is 0.158 e. The van der Waals surface area contributed by atoms with Crippen LogP contribution in [0.25, 0.3) is 0 Å². The highest BCUT2D eigenvalue weighted by atomic mass is 35.5. The van der Waals surface area contributed by atoms with Gasteiger partial charge in [0.15, 0.2) is 5.78 Å². The summed E-state index contributed by atoms with van der Waals surface area (Å²) in [5.41, 5.74) is 2.97. The minimum Gasteiger partial charge on any atom is -0.353 e. The van der Waals surface area contributed by atoms with Gasteiger partial charge in [0, 0.05) is 16.3 Å². The maximum atomic E-state index is 12.2. The molecule has 1 atom stereocenters. The number of carbonyl (C=O) groups is 1. The third kappa shape index (κ3) is 3.80. The van der Waals surface area contributed by atoms with Crippen molar-refractivity contribution < 1.29 is 4.79 Å². The average molecular weight is 347 g/mol. The molecule has 0 amide bonds. The van der Waals surface area contributed by atoms with Crippen LogP contribution in [-0.2, 0) is 4.79 Å². The predicted octanol–water partition coefficient (Wildman–Crippen LogP) is 4.77. The molecule has 0 radical (unpaired) electrons. The van der Waals surface area contributed by atoms with Gasteiger partial charge in [0.05, 0.1) is 22.6 Å². The highest BCUT2D eigenvalue weighted by Crippen LogP contribution is 2.41. The summed E-state index contributed by atoms with van der Waals surface area (Å²) in [6.07, 6.45) is 1.02. The molecule has 1 N–H and O–H groups in total. The fourth-order valence-corrected chi connectivity index (χ4v) is 3.76. The van der Waals surface area contributed by atoms with Crippen molar-refractivity contribution >= 4 is 29.1 Å². The number of dihydropyridines is 1. The van der Waals surface area contributed by atoms with Gasteiger partial charge in [0.2, 0.25) is 0 Å². The Morgan fingerprint density at radius 3 is 2.57 bits per heavy atom. The number of nitrogens with zero attached hydrogens (tertiary/aromatic N) is 1. The summed E-state index contributed by atoms with van der Waals surface area (Å²) in [5, 5.41) is 14.4. The first-order chi connectivity index (χ1) is 11.0. The molecule has 0 spiro atoms. The number of ketones is 1. The Kier molecular flexibility index (Phi) is 5.92. The normalized spacial score (nSPS) is 17.8. The van der Waals surface area contributed by atoms with Crippen molar-refractivity contribution in [1.82, 2.24) is 5.32 Å². The summed E-state index contributed by atoms with van der Waals surface area (Å²) >= 11 is 7.60. The van der Waals surface area contributed by atoms with E-state index in [4.69, 9.17) is 11.6 Å². The lowest BCUT2D eigenvalue weighted by Gasteiger charge is -2.29. The van der Waals surface area contributed by atoms with E-state index in [2.05, 4.69) is 18.3 Å². The summed E-state index contributed by atoms with van der Waals surface area (Å²) in [5.74, 6) is 0.557. The largest absolute Gasteiger partial charge is 0.353 e. The molecule has 1 aromatic carbocycles. The highest BCUT2D eigenvalue weighted by Gasteiger charge is 2.32. The lowest BCUT2D eigenvalue weighted by Crippen LogP contribution is -2.27. The number of carbonyl (C=O) groups excluding carboxylic acids is 1. The van der Waals surface area contributed by atoms with Crippen molar-refractivity contribution in [2.75, 3.05) is 5.75 Å². The van der Waals surface area contributed by atoms with Crippen LogP contribution in [0.4, 0.5) is 0 Å². The van der Waals surface area contributed by atoms with E-state index in [0.717, 1.165) is 28.5 Å². The van der Waals surface area contributed by atoms with Crippen LogP contribution in [0.3, 0.4) is 0 Å². The van der Waals surface area contributed by atoms with Crippen molar-refractivity contribution in [3.8, 4) is 6.07 Å². The number of nitrogens with one attached hydrogen (secondary N) is 1. The minimum atomic E-state index is -0.338. The lowest BCUT2D eigenvalue weighted by atomic mass is 9.81. The summed E-state index contributed by atoms with van der Waals surface area (Å²) in [6, 6.07) is 9.66. The van der Waals surface area contributed by atoms with Gasteiger partial charge >= 0.3 is 0 Å². The summed E-state index contributed by atoms with van der Waals surface area (Å²) in [6.45, 7) is 5.53. The van der Waals surface area contributed by atoms with Gasteiger partial charge in [-0.15, -0.1) is 11.8 Å². The second-order valence-corrected chi connectivity index (χ2v) is 6.95. The number of rotatable bonds is 5. The molecule has 1 aliphatic rings. The molecule has 0 unspecified atom stereocenters. The Hall–Kier alpha value is -1.70. The van der Waals surface area contributed by atoms with Crippen LogP contribution >= 0.6 is 23.4 Å². The molecule has 0 saturated heterocycles. The van der Waals surface area contributed by atoms with Crippen molar-refractivity contribution in [3.63, 3.8) is 0 Å². The van der Waals surface area contributed by atoms with E-state index in [1.807, 2.05) is 19.1 Å². The molecule has 0 aromatic heterocycles. The Balaban J connectivity index is 2.58. The van der Waals surface area contributed by atoms with Crippen LogP contribution in [0.15, 0.2) is 46.1 Å². The minimum absolute atomic E-state index is 0.0257. The first-order valence-electron chi connectivity index (χ1n) is 7.50. The zero-order chi connectivity index (χ0) is 17.0. The van der Waals surface area contributed by atoms with Crippen molar-refractivity contribution in [1.29, 1.82) is 5.26 Å². The molecular weight excluding hydrogens is 328 g/mol. The van der Waals surface area contributed by atoms with Crippen molar-refractivity contribution in [3.05, 3.63) is 56.7 Å². The molecule has 1 aliphatic heterocycles. The first-order valence-corrected chi connectivity index (χ1v) is 8.87. The second kappa shape index (κ2) is 7.72. The number of halogens is 1. The first kappa shape index (κ1) is 17.7. The number of Topliss-reactive ketones (excluding diaryl/α,β-unsaturated/α-hetero) is 1. The van der Waals surface area contributed by atoms with E-state index in [0.29, 0.717) is 16.2 Å². The van der Waals surface area contributed by atoms with Crippen LogP contribution in [0.5, 0.6) is 0 Å². The molecule has 1 heterocycles. The fourth-order valence-electron chi connectivity index (χ4n) is 2.69. The molecule has 0 fully saturated rings. The SMILES string of the molecule is CCCSC1=C(C#N)[C@@H](c2ccc(Cl)cc2)C(C(C)=O)=C(C)N1.